The Labute approximate surface area is 72.7 Å². The maximum Gasteiger partial charge on any atom is 0.327 e. The Morgan fingerprint density at radius 1 is 1.50 bits per heavy atom. The second kappa shape index (κ2) is 4.26. The molecule has 0 atom stereocenters. The molecule has 68 valence electrons. The lowest BCUT2D eigenvalue weighted by atomic mass is 9.97. The summed E-state index contributed by atoms with van der Waals surface area (Å²) >= 11 is 0. The van der Waals surface area contributed by atoms with E-state index >= 15 is 0 Å². The van der Waals surface area contributed by atoms with Gasteiger partial charge in [0.15, 0.2) is 0 Å². The Bertz CT molecular complexity index is 181. The fourth-order valence-electron chi connectivity index (χ4n) is 1.44. The first-order valence-electron chi connectivity index (χ1n) is 4.28. The number of allylic oxidation sites excluding steroid dienone is 1. The maximum absolute atomic E-state index is 10.2. The van der Waals surface area contributed by atoms with E-state index in [-0.39, 0.29) is 0 Å². The Morgan fingerprint density at radius 2 is 2.08 bits per heavy atom. The van der Waals surface area contributed by atoms with Crippen LogP contribution < -0.4 is 0 Å². The molecule has 1 saturated heterocycles. The van der Waals surface area contributed by atoms with Crippen molar-refractivity contribution in [1.82, 2.24) is 4.90 Å². The topological polar surface area (TPSA) is 40.5 Å². The van der Waals surface area contributed by atoms with Crippen molar-refractivity contribution in [3.8, 4) is 0 Å². The van der Waals surface area contributed by atoms with Gasteiger partial charge in [-0.1, -0.05) is 6.08 Å². The normalized spacial score (nSPS) is 21.8. The molecule has 1 aliphatic heterocycles. The van der Waals surface area contributed by atoms with Crippen LogP contribution in [0.2, 0.25) is 0 Å². The molecule has 0 aromatic rings. The number of rotatable bonds is 2. The summed E-state index contributed by atoms with van der Waals surface area (Å²) in [7, 11) is 2.09. The lowest BCUT2D eigenvalue weighted by molar-refractivity contribution is -0.131. The molecule has 0 amide bonds. The quantitative estimate of drug-likeness (QED) is 0.626. The van der Waals surface area contributed by atoms with Crippen molar-refractivity contribution in [2.45, 2.75) is 12.8 Å². The van der Waals surface area contributed by atoms with E-state index in [1.165, 1.54) is 6.08 Å². The van der Waals surface area contributed by atoms with Crippen LogP contribution in [0.3, 0.4) is 0 Å². The lowest BCUT2D eigenvalue weighted by Crippen LogP contribution is -2.29. The summed E-state index contributed by atoms with van der Waals surface area (Å²) in [6, 6.07) is 0. The van der Waals surface area contributed by atoms with Crippen LogP contribution in [0.1, 0.15) is 12.8 Å². The molecule has 0 spiro atoms. The van der Waals surface area contributed by atoms with Gasteiger partial charge in [-0.15, -0.1) is 0 Å². The highest BCUT2D eigenvalue weighted by Gasteiger charge is 2.13. The van der Waals surface area contributed by atoms with E-state index in [1.54, 1.807) is 0 Å². The van der Waals surface area contributed by atoms with E-state index in [2.05, 4.69) is 11.9 Å². The Hall–Kier alpha value is -0.830. The van der Waals surface area contributed by atoms with Gasteiger partial charge in [0.25, 0.3) is 0 Å². The molecular formula is C9H15NO2. The number of carbonyl (C=O) groups is 1. The average molecular weight is 169 g/mol. The summed E-state index contributed by atoms with van der Waals surface area (Å²) < 4.78 is 0. The monoisotopic (exact) mass is 169 g/mol. The van der Waals surface area contributed by atoms with Crippen molar-refractivity contribution in [3.05, 3.63) is 12.2 Å². The molecule has 3 heteroatoms. The molecule has 1 aliphatic rings. The standard InChI is InChI=1S/C9H15NO2/c1-10-6-4-8(5-7-10)2-3-9(11)12/h2-3,8H,4-7H2,1H3,(H,11,12)/b3-2+. The zero-order valence-corrected chi connectivity index (χ0v) is 7.36. The predicted octanol–water partition coefficient (Wildman–Crippen LogP) is 0.969. The van der Waals surface area contributed by atoms with Gasteiger partial charge in [0.1, 0.15) is 0 Å². The van der Waals surface area contributed by atoms with Gasteiger partial charge >= 0.3 is 5.97 Å². The molecular weight excluding hydrogens is 154 g/mol. The van der Waals surface area contributed by atoms with Gasteiger partial charge in [0, 0.05) is 6.08 Å². The number of hydrogen-bond donors (Lipinski definition) is 1. The number of piperidine rings is 1. The highest BCUT2D eigenvalue weighted by atomic mass is 16.4. The number of aliphatic carboxylic acids is 1. The first kappa shape index (κ1) is 9.26. The van der Waals surface area contributed by atoms with Crippen molar-refractivity contribution >= 4 is 5.97 Å². The number of nitrogens with zero attached hydrogens (tertiary/aromatic N) is 1. The van der Waals surface area contributed by atoms with Gasteiger partial charge in [-0.05, 0) is 38.9 Å². The smallest absolute Gasteiger partial charge is 0.327 e. The largest absolute Gasteiger partial charge is 0.478 e. The van der Waals surface area contributed by atoms with E-state index < -0.39 is 5.97 Å². The van der Waals surface area contributed by atoms with Crippen LogP contribution in [-0.2, 0) is 4.79 Å². The van der Waals surface area contributed by atoms with E-state index in [1.807, 2.05) is 6.08 Å². The molecule has 0 aromatic heterocycles. The van der Waals surface area contributed by atoms with Gasteiger partial charge in [-0.3, -0.25) is 0 Å². The molecule has 0 saturated carbocycles. The lowest BCUT2D eigenvalue weighted by Gasteiger charge is -2.26. The molecule has 0 unspecified atom stereocenters. The SMILES string of the molecule is CN1CCC(/C=C/C(=O)O)CC1. The average Bonchev–Trinajstić information content (AvgIpc) is 2.03. The number of carboxylic acid groups (broad SMARTS) is 1. The first-order valence-corrected chi connectivity index (χ1v) is 4.28. The van der Waals surface area contributed by atoms with Crippen LogP contribution in [0.15, 0.2) is 12.2 Å². The zero-order valence-electron chi connectivity index (χ0n) is 7.36. The van der Waals surface area contributed by atoms with Crippen molar-refractivity contribution in [2.75, 3.05) is 20.1 Å². The Kier molecular flexibility index (Phi) is 3.29. The Balaban J connectivity index is 2.30. The van der Waals surface area contributed by atoms with Crippen molar-refractivity contribution in [1.29, 1.82) is 0 Å². The molecule has 1 fully saturated rings. The molecule has 1 rings (SSSR count). The van der Waals surface area contributed by atoms with Crippen molar-refractivity contribution < 1.29 is 9.90 Å². The molecule has 12 heavy (non-hydrogen) atoms. The highest BCUT2D eigenvalue weighted by Crippen LogP contribution is 2.16. The number of likely N-dealkylation sites (tertiary alicyclic amines) is 1. The van der Waals surface area contributed by atoms with Crippen LogP contribution in [0, 0.1) is 5.92 Å². The maximum atomic E-state index is 10.2. The number of carboxylic acids is 1. The minimum atomic E-state index is -0.839. The molecule has 0 bridgehead atoms. The zero-order chi connectivity index (χ0) is 8.97. The summed E-state index contributed by atoms with van der Waals surface area (Å²) in [5.41, 5.74) is 0. The van der Waals surface area contributed by atoms with Gasteiger partial charge in [-0.2, -0.15) is 0 Å². The van der Waals surface area contributed by atoms with E-state index in [4.69, 9.17) is 5.11 Å². The molecule has 3 nitrogen and oxygen atoms in total. The summed E-state index contributed by atoms with van der Waals surface area (Å²) in [5.74, 6) is -0.369. The second-order valence-corrected chi connectivity index (χ2v) is 3.34. The van der Waals surface area contributed by atoms with E-state index in [0.29, 0.717) is 5.92 Å². The molecule has 0 aromatic carbocycles. The van der Waals surface area contributed by atoms with Gasteiger partial charge < -0.3 is 10.0 Å². The summed E-state index contributed by atoms with van der Waals surface area (Å²) in [6.45, 7) is 2.16. The number of hydrogen-bond acceptors (Lipinski definition) is 2. The van der Waals surface area contributed by atoms with Gasteiger partial charge in [0.2, 0.25) is 0 Å². The second-order valence-electron chi connectivity index (χ2n) is 3.34. The summed E-state index contributed by atoms with van der Waals surface area (Å²) in [6.07, 6.45) is 5.24. The van der Waals surface area contributed by atoms with Crippen molar-refractivity contribution in [3.63, 3.8) is 0 Å². The predicted molar refractivity (Wildman–Crippen MR) is 47.0 cm³/mol. The van der Waals surface area contributed by atoms with Gasteiger partial charge in [0.05, 0.1) is 0 Å². The van der Waals surface area contributed by atoms with E-state index in [9.17, 15) is 4.79 Å². The van der Waals surface area contributed by atoms with Crippen molar-refractivity contribution in [2.24, 2.45) is 5.92 Å². The summed E-state index contributed by atoms with van der Waals surface area (Å²) in [5, 5.41) is 8.40. The minimum absolute atomic E-state index is 0.470. The fourth-order valence-corrected chi connectivity index (χ4v) is 1.44. The Morgan fingerprint density at radius 3 is 2.58 bits per heavy atom. The third-order valence-electron chi connectivity index (χ3n) is 2.27. The first-order chi connectivity index (χ1) is 5.68. The summed E-state index contributed by atoms with van der Waals surface area (Å²) in [4.78, 5) is 12.5. The fraction of sp³-hybridized carbons (Fsp3) is 0.667. The van der Waals surface area contributed by atoms with Crippen LogP contribution >= 0.6 is 0 Å². The minimum Gasteiger partial charge on any atom is -0.478 e. The third-order valence-corrected chi connectivity index (χ3v) is 2.27. The van der Waals surface area contributed by atoms with Crippen LogP contribution in [-0.4, -0.2) is 36.1 Å². The van der Waals surface area contributed by atoms with Crippen LogP contribution in [0.5, 0.6) is 0 Å². The highest BCUT2D eigenvalue weighted by molar-refractivity contribution is 5.79. The van der Waals surface area contributed by atoms with E-state index in [0.717, 1.165) is 25.9 Å². The molecule has 1 heterocycles. The van der Waals surface area contributed by atoms with Crippen LogP contribution in [0.25, 0.3) is 0 Å². The van der Waals surface area contributed by atoms with Gasteiger partial charge in [-0.25, -0.2) is 4.79 Å². The molecule has 1 N–H and O–H groups in total. The van der Waals surface area contributed by atoms with Crippen LogP contribution in [0.4, 0.5) is 0 Å². The molecule has 0 aliphatic carbocycles. The third kappa shape index (κ3) is 3.05. The molecule has 0 radical (unpaired) electrons.